The first-order valence-electron chi connectivity index (χ1n) is 9.35. The highest BCUT2D eigenvalue weighted by molar-refractivity contribution is 7.19. The van der Waals surface area contributed by atoms with Gasteiger partial charge in [0.05, 0.1) is 11.8 Å². The number of carbonyl (C=O) groups excluding carboxylic acids is 1. The number of benzene rings is 1. The van der Waals surface area contributed by atoms with E-state index in [1.807, 2.05) is 0 Å². The van der Waals surface area contributed by atoms with Crippen molar-refractivity contribution in [3.8, 4) is 16.5 Å². The zero-order valence-corrected chi connectivity index (χ0v) is 16.9. The molecule has 4 N–H and O–H groups in total. The third-order valence-corrected chi connectivity index (χ3v) is 5.61. The van der Waals surface area contributed by atoms with Crippen LogP contribution in [0.1, 0.15) is 23.3 Å². The van der Waals surface area contributed by atoms with Crippen LogP contribution in [-0.4, -0.2) is 39.9 Å². The van der Waals surface area contributed by atoms with Crippen molar-refractivity contribution in [2.75, 3.05) is 24.1 Å². The summed E-state index contributed by atoms with van der Waals surface area (Å²) in [6.45, 7) is 1.65. The molecule has 8 nitrogen and oxygen atoms in total. The minimum absolute atomic E-state index is 0.0100. The molecule has 4 rings (SSSR count). The number of hydrogen-bond donors (Lipinski definition) is 3. The Morgan fingerprint density at radius 1 is 1.40 bits per heavy atom. The predicted octanol–water partition coefficient (Wildman–Crippen LogP) is 2.79. The molecule has 0 bridgehead atoms. The molecule has 1 saturated heterocycles. The first kappa shape index (κ1) is 20.2. The number of nitrogen functional groups attached to an aromatic ring is 1. The van der Waals surface area contributed by atoms with Crippen molar-refractivity contribution in [2.45, 2.75) is 18.9 Å². The minimum atomic E-state index is -0.778. The number of carbonyl (C=O) groups is 1. The second kappa shape index (κ2) is 8.36. The second-order valence-corrected chi connectivity index (χ2v) is 7.89. The molecular weight excluding hydrogens is 414 g/mol. The summed E-state index contributed by atoms with van der Waals surface area (Å²) in [6, 6.07) is 3.49. The summed E-state index contributed by atoms with van der Waals surface area (Å²) in [6.07, 6.45) is 3.31. The summed E-state index contributed by atoms with van der Waals surface area (Å²) in [5.41, 5.74) is 5.84. The Kier molecular flexibility index (Phi) is 5.64. The van der Waals surface area contributed by atoms with E-state index in [9.17, 15) is 13.6 Å². The lowest BCUT2D eigenvalue weighted by molar-refractivity contribution is 0.102. The SMILES string of the molecule is Cn1ncc(NC(=O)c2nc(-c3c(F)cccc3F)sc2N)c1OC1CCCNC1. The summed E-state index contributed by atoms with van der Waals surface area (Å²) in [7, 11) is 1.71. The number of thiazole rings is 1. The first-order chi connectivity index (χ1) is 14.4. The van der Waals surface area contributed by atoms with Crippen LogP contribution in [-0.2, 0) is 7.05 Å². The van der Waals surface area contributed by atoms with Crippen molar-refractivity contribution in [1.82, 2.24) is 20.1 Å². The Bertz CT molecular complexity index is 1060. The molecule has 11 heteroatoms. The van der Waals surface area contributed by atoms with Gasteiger partial charge in [0.1, 0.15) is 33.4 Å². The van der Waals surface area contributed by atoms with Gasteiger partial charge in [-0.15, -0.1) is 0 Å². The topological polar surface area (TPSA) is 107 Å². The average Bonchev–Trinajstić information content (AvgIpc) is 3.26. The maximum absolute atomic E-state index is 14.1. The number of nitrogens with two attached hydrogens (primary N) is 1. The van der Waals surface area contributed by atoms with Crippen molar-refractivity contribution in [3.05, 3.63) is 41.7 Å². The minimum Gasteiger partial charge on any atom is -0.472 e. The van der Waals surface area contributed by atoms with Crippen LogP contribution >= 0.6 is 11.3 Å². The lowest BCUT2D eigenvalue weighted by Gasteiger charge is -2.24. The van der Waals surface area contributed by atoms with Crippen molar-refractivity contribution in [3.63, 3.8) is 0 Å². The van der Waals surface area contributed by atoms with Crippen LogP contribution in [0.15, 0.2) is 24.4 Å². The van der Waals surface area contributed by atoms with Crippen molar-refractivity contribution in [1.29, 1.82) is 0 Å². The van der Waals surface area contributed by atoms with Gasteiger partial charge >= 0.3 is 0 Å². The highest BCUT2D eigenvalue weighted by Crippen LogP contribution is 2.34. The summed E-state index contributed by atoms with van der Waals surface area (Å²) in [4.78, 5) is 16.8. The number of rotatable bonds is 5. The first-order valence-corrected chi connectivity index (χ1v) is 10.2. The fourth-order valence-corrected chi connectivity index (χ4v) is 4.09. The number of nitrogens with zero attached hydrogens (tertiary/aromatic N) is 3. The third kappa shape index (κ3) is 3.98. The molecule has 0 spiro atoms. The molecular formula is C19H20F2N6O2S. The highest BCUT2D eigenvalue weighted by atomic mass is 32.1. The van der Waals surface area contributed by atoms with Crippen LogP contribution < -0.4 is 21.1 Å². The molecule has 1 fully saturated rings. The quantitative estimate of drug-likeness (QED) is 0.570. The van der Waals surface area contributed by atoms with Crippen LogP contribution in [0, 0.1) is 11.6 Å². The molecule has 2 aromatic heterocycles. The van der Waals surface area contributed by atoms with Gasteiger partial charge in [0.25, 0.3) is 5.91 Å². The van der Waals surface area contributed by atoms with Gasteiger partial charge in [-0.25, -0.2) is 18.4 Å². The van der Waals surface area contributed by atoms with Gasteiger partial charge in [-0.05, 0) is 31.5 Å². The van der Waals surface area contributed by atoms with E-state index in [0.29, 0.717) is 18.1 Å². The van der Waals surface area contributed by atoms with E-state index in [0.717, 1.165) is 42.9 Å². The monoisotopic (exact) mass is 434 g/mol. The van der Waals surface area contributed by atoms with Crippen molar-refractivity contribution < 1.29 is 18.3 Å². The summed E-state index contributed by atoms with van der Waals surface area (Å²) in [5, 5.41) is 10.1. The molecule has 1 amide bonds. The zero-order chi connectivity index (χ0) is 21.3. The number of hydrogen-bond acceptors (Lipinski definition) is 7. The molecule has 3 heterocycles. The molecule has 0 saturated carbocycles. The molecule has 1 aliphatic heterocycles. The lowest BCUT2D eigenvalue weighted by Crippen LogP contribution is -2.37. The van der Waals surface area contributed by atoms with Gasteiger partial charge in [0, 0.05) is 13.6 Å². The number of aryl methyl sites for hydroxylation is 1. The van der Waals surface area contributed by atoms with Crippen LogP contribution in [0.3, 0.4) is 0 Å². The number of halogens is 2. The molecule has 30 heavy (non-hydrogen) atoms. The number of ether oxygens (including phenoxy) is 1. The van der Waals surface area contributed by atoms with Gasteiger partial charge in [-0.1, -0.05) is 17.4 Å². The van der Waals surface area contributed by atoms with E-state index in [-0.39, 0.29) is 27.4 Å². The Labute approximate surface area is 175 Å². The van der Waals surface area contributed by atoms with Crippen LogP contribution in [0.4, 0.5) is 19.5 Å². The Balaban J connectivity index is 1.56. The highest BCUT2D eigenvalue weighted by Gasteiger charge is 2.24. The third-order valence-electron chi connectivity index (χ3n) is 4.71. The van der Waals surface area contributed by atoms with E-state index < -0.39 is 17.5 Å². The molecule has 1 aromatic carbocycles. The molecule has 1 aliphatic rings. The maximum Gasteiger partial charge on any atom is 0.277 e. The van der Waals surface area contributed by atoms with Crippen LogP contribution in [0.2, 0.25) is 0 Å². The summed E-state index contributed by atoms with van der Waals surface area (Å²) < 4.78 is 35.6. The summed E-state index contributed by atoms with van der Waals surface area (Å²) >= 11 is 0.838. The van der Waals surface area contributed by atoms with Gasteiger partial charge < -0.3 is 21.1 Å². The number of piperidine rings is 1. The standard InChI is InChI=1S/C19H20F2N6O2S/c1-27-19(29-10-4-3-7-23-8-10)13(9-24-27)25-17(28)15-16(22)30-18(26-15)14-11(20)5-2-6-12(14)21/h2,5-6,9-10,23H,3-4,7-8,22H2,1H3,(H,25,28). The Morgan fingerprint density at radius 3 is 2.87 bits per heavy atom. The molecule has 1 unspecified atom stereocenters. The van der Waals surface area contributed by atoms with Gasteiger partial charge in [-0.2, -0.15) is 5.10 Å². The molecule has 0 aliphatic carbocycles. The smallest absolute Gasteiger partial charge is 0.277 e. The summed E-state index contributed by atoms with van der Waals surface area (Å²) in [5.74, 6) is -1.77. The lowest BCUT2D eigenvalue weighted by atomic mass is 10.1. The van der Waals surface area contributed by atoms with Crippen molar-refractivity contribution >= 4 is 27.9 Å². The van der Waals surface area contributed by atoms with E-state index in [4.69, 9.17) is 10.5 Å². The molecule has 1 atom stereocenters. The largest absolute Gasteiger partial charge is 0.472 e. The number of amides is 1. The Morgan fingerprint density at radius 2 is 2.17 bits per heavy atom. The fourth-order valence-electron chi connectivity index (χ4n) is 3.22. The van der Waals surface area contributed by atoms with Crippen molar-refractivity contribution in [2.24, 2.45) is 7.05 Å². The van der Waals surface area contributed by atoms with Crippen LogP contribution in [0.25, 0.3) is 10.6 Å². The van der Waals surface area contributed by atoms with E-state index in [1.54, 1.807) is 7.05 Å². The van der Waals surface area contributed by atoms with E-state index in [1.165, 1.54) is 16.9 Å². The van der Waals surface area contributed by atoms with Gasteiger partial charge in [-0.3, -0.25) is 4.79 Å². The normalized spacial score (nSPS) is 16.4. The van der Waals surface area contributed by atoms with E-state index >= 15 is 0 Å². The van der Waals surface area contributed by atoms with Gasteiger partial charge in [0.2, 0.25) is 5.88 Å². The van der Waals surface area contributed by atoms with E-state index in [2.05, 4.69) is 20.7 Å². The maximum atomic E-state index is 14.1. The fraction of sp³-hybridized carbons (Fsp3) is 0.316. The molecule has 0 radical (unpaired) electrons. The van der Waals surface area contributed by atoms with Gasteiger partial charge in [0.15, 0.2) is 5.69 Å². The number of anilines is 2. The second-order valence-electron chi connectivity index (χ2n) is 6.86. The molecule has 3 aromatic rings. The zero-order valence-electron chi connectivity index (χ0n) is 16.1. The number of aromatic nitrogens is 3. The average molecular weight is 434 g/mol. The predicted molar refractivity (Wildman–Crippen MR) is 110 cm³/mol. The molecule has 158 valence electrons. The number of nitrogens with one attached hydrogen (secondary N) is 2. The Hall–Kier alpha value is -3.05. The van der Waals surface area contributed by atoms with Crippen LogP contribution in [0.5, 0.6) is 5.88 Å².